The van der Waals surface area contributed by atoms with Crippen molar-refractivity contribution in [1.82, 2.24) is 4.90 Å². The highest BCUT2D eigenvalue weighted by Crippen LogP contribution is 2.43. The molecule has 40 heavy (non-hydrogen) atoms. The first-order valence-electron chi connectivity index (χ1n) is 13.2. The normalized spacial score (nSPS) is 15.1. The SMILES string of the molecule is COc1c(C)c2c(c(OC(=O)c3ccccc3)c1C/C=C(\C)CCC(=O)OCCN1CCOCC1)C(=O)OC2.Cl. The van der Waals surface area contributed by atoms with Crippen molar-refractivity contribution in [2.45, 2.75) is 39.7 Å². The van der Waals surface area contributed by atoms with Crippen molar-refractivity contribution in [3.8, 4) is 11.5 Å². The molecule has 1 fully saturated rings. The van der Waals surface area contributed by atoms with Crippen molar-refractivity contribution in [3.05, 3.63) is 69.8 Å². The lowest BCUT2D eigenvalue weighted by molar-refractivity contribution is -0.144. The van der Waals surface area contributed by atoms with Gasteiger partial charge in [0.2, 0.25) is 0 Å². The molecule has 2 aliphatic heterocycles. The first-order chi connectivity index (χ1) is 18.9. The standard InChI is InChI=1S/C30H35NO8.ClH/c1-20(10-12-25(32)37-18-15-31-13-16-36-17-14-31)9-11-23-27(35-3)21(2)24-19-38-30(34)26(24)28(23)39-29(33)22-7-5-4-6-8-22;/h4-9H,10-19H2,1-3H3;1H/b20-9+;. The van der Waals surface area contributed by atoms with E-state index in [1.807, 2.05) is 19.9 Å². The van der Waals surface area contributed by atoms with Crippen LogP contribution in [0, 0.1) is 6.92 Å². The van der Waals surface area contributed by atoms with Crippen LogP contribution in [0.5, 0.6) is 11.5 Å². The summed E-state index contributed by atoms with van der Waals surface area (Å²) in [6.45, 7) is 8.06. The summed E-state index contributed by atoms with van der Waals surface area (Å²) in [4.78, 5) is 40.1. The lowest BCUT2D eigenvalue weighted by atomic mass is 9.94. The number of cyclic esters (lactones) is 1. The Hall–Kier alpha value is -3.40. The van der Waals surface area contributed by atoms with Gasteiger partial charge < -0.3 is 23.7 Å². The molecule has 0 aromatic heterocycles. The Bertz CT molecular complexity index is 1240. The van der Waals surface area contributed by atoms with Crippen LogP contribution in [0.25, 0.3) is 0 Å². The zero-order valence-electron chi connectivity index (χ0n) is 23.2. The number of nitrogens with zero attached hydrogens (tertiary/aromatic N) is 1. The molecule has 0 N–H and O–H groups in total. The number of rotatable bonds is 11. The monoisotopic (exact) mass is 573 g/mol. The molecule has 0 unspecified atom stereocenters. The average Bonchev–Trinajstić information content (AvgIpc) is 3.35. The highest BCUT2D eigenvalue weighted by Gasteiger charge is 2.34. The number of morpholine rings is 1. The molecule has 0 spiro atoms. The van der Waals surface area contributed by atoms with E-state index in [0.29, 0.717) is 61.6 Å². The number of carbonyl (C=O) groups is 3. The maximum atomic E-state index is 13.0. The Morgan fingerprint density at radius 1 is 1.07 bits per heavy atom. The summed E-state index contributed by atoms with van der Waals surface area (Å²) in [5.74, 6) is -0.675. The molecule has 9 nitrogen and oxygen atoms in total. The molecular formula is C30H36ClNO8. The smallest absolute Gasteiger partial charge is 0.343 e. The fourth-order valence-corrected chi connectivity index (χ4v) is 4.71. The summed E-state index contributed by atoms with van der Waals surface area (Å²) in [6, 6.07) is 8.59. The highest BCUT2D eigenvalue weighted by molar-refractivity contribution is 6.00. The number of fused-ring (bicyclic) bond motifs is 1. The third kappa shape index (κ3) is 7.62. The molecule has 2 aromatic carbocycles. The van der Waals surface area contributed by atoms with Crippen molar-refractivity contribution >= 4 is 30.3 Å². The highest BCUT2D eigenvalue weighted by atomic mass is 35.5. The molecule has 4 rings (SSSR count). The number of esters is 3. The molecular weight excluding hydrogens is 538 g/mol. The minimum Gasteiger partial charge on any atom is -0.496 e. The third-order valence-corrected chi connectivity index (χ3v) is 6.98. The van der Waals surface area contributed by atoms with Crippen molar-refractivity contribution < 1.29 is 38.1 Å². The quantitative estimate of drug-likeness (QED) is 0.219. The summed E-state index contributed by atoms with van der Waals surface area (Å²) in [5.41, 5.74) is 3.57. The van der Waals surface area contributed by atoms with Gasteiger partial charge in [-0.05, 0) is 44.4 Å². The molecule has 2 aliphatic rings. The number of methoxy groups -OCH3 is 1. The first kappa shape index (κ1) is 31.1. The van der Waals surface area contributed by atoms with E-state index in [4.69, 9.17) is 23.7 Å². The zero-order chi connectivity index (χ0) is 27.8. The minimum absolute atomic E-state index is 0. The number of carbonyl (C=O) groups excluding carboxylic acids is 3. The topological polar surface area (TPSA) is 101 Å². The molecule has 2 heterocycles. The minimum atomic E-state index is -0.579. The van der Waals surface area contributed by atoms with Gasteiger partial charge in [0.25, 0.3) is 0 Å². The third-order valence-electron chi connectivity index (χ3n) is 6.98. The Morgan fingerprint density at radius 3 is 2.50 bits per heavy atom. The van der Waals surface area contributed by atoms with Crippen LogP contribution < -0.4 is 9.47 Å². The van der Waals surface area contributed by atoms with E-state index in [1.54, 1.807) is 37.4 Å². The second-order valence-corrected chi connectivity index (χ2v) is 9.58. The number of ether oxygens (including phenoxy) is 5. The Balaban J connectivity index is 0.00000441. The van der Waals surface area contributed by atoms with E-state index < -0.39 is 11.9 Å². The summed E-state index contributed by atoms with van der Waals surface area (Å²) in [7, 11) is 1.54. The van der Waals surface area contributed by atoms with E-state index in [-0.39, 0.29) is 42.7 Å². The maximum Gasteiger partial charge on any atom is 0.343 e. The summed E-state index contributed by atoms with van der Waals surface area (Å²) in [6.07, 6.45) is 3.06. The Morgan fingerprint density at radius 2 is 1.80 bits per heavy atom. The van der Waals surface area contributed by atoms with Gasteiger partial charge in [0.05, 0.1) is 25.9 Å². The van der Waals surface area contributed by atoms with Gasteiger partial charge >= 0.3 is 17.9 Å². The fraction of sp³-hybridized carbons (Fsp3) is 0.433. The second kappa shape index (κ2) is 14.8. The zero-order valence-corrected chi connectivity index (χ0v) is 24.0. The molecule has 10 heteroatoms. The van der Waals surface area contributed by atoms with Gasteiger partial charge in [-0.15, -0.1) is 12.4 Å². The summed E-state index contributed by atoms with van der Waals surface area (Å²) in [5, 5.41) is 0. The second-order valence-electron chi connectivity index (χ2n) is 9.58. The lowest BCUT2D eigenvalue weighted by Gasteiger charge is -2.26. The van der Waals surface area contributed by atoms with E-state index in [9.17, 15) is 14.4 Å². The Kier molecular flexibility index (Phi) is 11.5. The summed E-state index contributed by atoms with van der Waals surface area (Å²) < 4.78 is 27.6. The van der Waals surface area contributed by atoms with Crippen molar-refractivity contribution in [1.29, 1.82) is 0 Å². The lowest BCUT2D eigenvalue weighted by Crippen LogP contribution is -2.38. The number of benzene rings is 2. The number of hydrogen-bond donors (Lipinski definition) is 0. The van der Waals surface area contributed by atoms with Crippen LogP contribution in [0.15, 0.2) is 42.0 Å². The van der Waals surface area contributed by atoms with Crippen LogP contribution in [0.2, 0.25) is 0 Å². The molecule has 0 bridgehead atoms. The van der Waals surface area contributed by atoms with Gasteiger partial charge in [0.1, 0.15) is 24.5 Å². The first-order valence-corrected chi connectivity index (χ1v) is 13.2. The largest absolute Gasteiger partial charge is 0.496 e. The van der Waals surface area contributed by atoms with Crippen molar-refractivity contribution in [3.63, 3.8) is 0 Å². The average molecular weight is 574 g/mol. The van der Waals surface area contributed by atoms with Crippen LogP contribution in [0.1, 0.15) is 57.2 Å². The van der Waals surface area contributed by atoms with Gasteiger partial charge in [-0.1, -0.05) is 29.8 Å². The van der Waals surface area contributed by atoms with Crippen LogP contribution in [0.4, 0.5) is 0 Å². The van der Waals surface area contributed by atoms with E-state index in [1.165, 1.54) is 0 Å². The van der Waals surface area contributed by atoms with Gasteiger partial charge in [0.15, 0.2) is 5.75 Å². The van der Waals surface area contributed by atoms with Crippen LogP contribution in [-0.2, 0) is 32.0 Å². The number of allylic oxidation sites excluding steroid dienone is 2. The van der Waals surface area contributed by atoms with E-state index in [2.05, 4.69) is 4.90 Å². The number of hydrogen-bond acceptors (Lipinski definition) is 9. The van der Waals surface area contributed by atoms with Gasteiger partial charge in [-0.2, -0.15) is 0 Å². The molecule has 216 valence electrons. The predicted octanol–water partition coefficient (Wildman–Crippen LogP) is 4.46. The predicted molar refractivity (Wildman–Crippen MR) is 150 cm³/mol. The maximum absolute atomic E-state index is 13.0. The molecule has 0 saturated carbocycles. The Labute approximate surface area is 240 Å². The molecule has 0 atom stereocenters. The summed E-state index contributed by atoms with van der Waals surface area (Å²) >= 11 is 0. The molecule has 1 saturated heterocycles. The van der Waals surface area contributed by atoms with Gasteiger partial charge in [-0.3, -0.25) is 9.69 Å². The van der Waals surface area contributed by atoms with Crippen LogP contribution >= 0.6 is 12.4 Å². The van der Waals surface area contributed by atoms with Crippen LogP contribution in [-0.4, -0.2) is 69.4 Å². The van der Waals surface area contributed by atoms with Crippen molar-refractivity contribution in [2.75, 3.05) is 46.6 Å². The van der Waals surface area contributed by atoms with Crippen LogP contribution in [0.3, 0.4) is 0 Å². The van der Waals surface area contributed by atoms with Gasteiger partial charge in [0, 0.05) is 37.2 Å². The van der Waals surface area contributed by atoms with E-state index >= 15 is 0 Å². The molecule has 2 aromatic rings. The number of halogens is 1. The van der Waals surface area contributed by atoms with Crippen molar-refractivity contribution in [2.24, 2.45) is 0 Å². The van der Waals surface area contributed by atoms with E-state index in [0.717, 1.165) is 24.2 Å². The van der Waals surface area contributed by atoms with Gasteiger partial charge in [-0.25, -0.2) is 9.59 Å². The molecule has 0 aliphatic carbocycles. The molecule has 0 amide bonds. The fourth-order valence-electron chi connectivity index (χ4n) is 4.71. The molecule has 0 radical (unpaired) electrons.